The van der Waals surface area contributed by atoms with Gasteiger partial charge in [0.1, 0.15) is 16.2 Å². The van der Waals surface area contributed by atoms with Crippen molar-refractivity contribution in [3.05, 3.63) is 34.2 Å². The Morgan fingerprint density at radius 1 is 1.17 bits per heavy atom. The summed E-state index contributed by atoms with van der Waals surface area (Å²) in [6, 6.07) is 1.99. The van der Waals surface area contributed by atoms with E-state index in [0.29, 0.717) is 0 Å². The van der Waals surface area contributed by atoms with Crippen LogP contribution in [-0.2, 0) is 12.8 Å². The molecule has 1 aliphatic rings. The minimum atomic E-state index is 0.766. The first-order valence-electron chi connectivity index (χ1n) is 7.85. The first kappa shape index (κ1) is 15.0. The summed E-state index contributed by atoms with van der Waals surface area (Å²) in [5, 5.41) is 2.99. The van der Waals surface area contributed by atoms with Crippen molar-refractivity contribution in [3.63, 3.8) is 0 Å². The number of aromatic nitrogens is 4. The van der Waals surface area contributed by atoms with Crippen molar-refractivity contribution in [3.8, 4) is 0 Å². The molecule has 3 aromatic rings. The van der Waals surface area contributed by atoms with Crippen LogP contribution in [0.1, 0.15) is 35.2 Å². The molecule has 6 heteroatoms. The number of hydrogen-bond acceptors (Lipinski definition) is 6. The molecular formula is C17H18N4S2. The second kappa shape index (κ2) is 5.83. The molecule has 3 heterocycles. The Morgan fingerprint density at radius 3 is 2.74 bits per heavy atom. The van der Waals surface area contributed by atoms with E-state index in [-0.39, 0.29) is 0 Å². The Hall–Kier alpha value is -1.53. The van der Waals surface area contributed by atoms with E-state index in [4.69, 9.17) is 0 Å². The van der Waals surface area contributed by atoms with Crippen molar-refractivity contribution in [2.45, 2.75) is 50.2 Å². The molecule has 0 fully saturated rings. The van der Waals surface area contributed by atoms with E-state index in [9.17, 15) is 0 Å². The Labute approximate surface area is 143 Å². The second-order valence-corrected chi connectivity index (χ2v) is 8.29. The number of thiophene rings is 1. The van der Waals surface area contributed by atoms with E-state index >= 15 is 0 Å². The molecule has 0 amide bonds. The number of nitrogens with zero attached hydrogens (tertiary/aromatic N) is 4. The molecule has 0 saturated heterocycles. The molecule has 4 nitrogen and oxygen atoms in total. The summed E-state index contributed by atoms with van der Waals surface area (Å²) in [4.78, 5) is 20.7. The predicted molar refractivity (Wildman–Crippen MR) is 94.2 cm³/mol. The normalized spacial score (nSPS) is 17.4. The van der Waals surface area contributed by atoms with Gasteiger partial charge in [0.15, 0.2) is 5.16 Å². The van der Waals surface area contributed by atoms with E-state index in [1.165, 1.54) is 28.7 Å². The van der Waals surface area contributed by atoms with Crippen LogP contribution in [-0.4, -0.2) is 19.9 Å². The summed E-state index contributed by atoms with van der Waals surface area (Å²) >= 11 is 3.39. The molecule has 0 N–H and O–H groups in total. The minimum absolute atomic E-state index is 0.766. The third-order valence-electron chi connectivity index (χ3n) is 4.21. The summed E-state index contributed by atoms with van der Waals surface area (Å²) in [5.41, 5.74) is 3.44. The largest absolute Gasteiger partial charge is 0.229 e. The maximum absolute atomic E-state index is 4.54. The minimum Gasteiger partial charge on any atom is -0.229 e. The molecular weight excluding hydrogens is 324 g/mol. The van der Waals surface area contributed by atoms with Crippen LogP contribution in [0.4, 0.5) is 0 Å². The molecule has 0 unspecified atom stereocenters. The van der Waals surface area contributed by atoms with Gasteiger partial charge in [-0.3, -0.25) is 0 Å². The van der Waals surface area contributed by atoms with Crippen molar-refractivity contribution < 1.29 is 0 Å². The molecule has 0 aliphatic heterocycles. The molecule has 1 atom stereocenters. The zero-order valence-corrected chi connectivity index (χ0v) is 15.1. The number of rotatable bonds is 2. The lowest BCUT2D eigenvalue weighted by molar-refractivity contribution is 0.509. The second-order valence-electron chi connectivity index (χ2n) is 6.25. The van der Waals surface area contributed by atoms with E-state index in [2.05, 4.69) is 26.9 Å². The fourth-order valence-corrected chi connectivity index (χ4v) is 5.54. The van der Waals surface area contributed by atoms with Gasteiger partial charge in [0.05, 0.1) is 0 Å². The predicted octanol–water partition coefficient (Wildman–Crippen LogP) is 4.37. The third-order valence-corrected chi connectivity index (χ3v) is 6.24. The lowest BCUT2D eigenvalue weighted by Crippen LogP contribution is -2.08. The van der Waals surface area contributed by atoms with Crippen LogP contribution in [0.15, 0.2) is 22.6 Å². The number of hydrogen-bond donors (Lipinski definition) is 0. The maximum atomic E-state index is 4.54. The highest BCUT2D eigenvalue weighted by molar-refractivity contribution is 7.99. The molecule has 3 aromatic heterocycles. The van der Waals surface area contributed by atoms with Crippen LogP contribution in [0.2, 0.25) is 0 Å². The third kappa shape index (κ3) is 2.85. The zero-order valence-electron chi connectivity index (χ0n) is 13.5. The Balaban J connectivity index is 1.81. The highest BCUT2D eigenvalue weighted by atomic mass is 32.2. The summed E-state index contributed by atoms with van der Waals surface area (Å²) in [7, 11) is 0. The lowest BCUT2D eigenvalue weighted by Gasteiger charge is -2.18. The highest BCUT2D eigenvalue weighted by Gasteiger charge is 2.23. The Bertz CT molecular complexity index is 867. The van der Waals surface area contributed by atoms with Gasteiger partial charge in [0.2, 0.25) is 0 Å². The smallest absolute Gasteiger partial charge is 0.194 e. The molecule has 1 aliphatic carbocycles. The molecule has 0 bridgehead atoms. The zero-order chi connectivity index (χ0) is 16.0. The van der Waals surface area contributed by atoms with Crippen LogP contribution in [0.5, 0.6) is 0 Å². The lowest BCUT2D eigenvalue weighted by atomic mass is 9.89. The Morgan fingerprint density at radius 2 is 1.96 bits per heavy atom. The maximum Gasteiger partial charge on any atom is 0.194 e. The van der Waals surface area contributed by atoms with E-state index in [1.807, 2.05) is 31.3 Å². The topological polar surface area (TPSA) is 51.6 Å². The van der Waals surface area contributed by atoms with Crippen molar-refractivity contribution in [2.75, 3.05) is 0 Å². The van der Waals surface area contributed by atoms with Gasteiger partial charge >= 0.3 is 0 Å². The van der Waals surface area contributed by atoms with Gasteiger partial charge in [-0.1, -0.05) is 6.92 Å². The van der Waals surface area contributed by atoms with Crippen LogP contribution in [0.3, 0.4) is 0 Å². The molecule has 0 aromatic carbocycles. The van der Waals surface area contributed by atoms with Gasteiger partial charge in [-0.25, -0.2) is 19.9 Å². The fraction of sp³-hybridized carbons (Fsp3) is 0.412. The van der Waals surface area contributed by atoms with Gasteiger partial charge in [-0.15, -0.1) is 11.3 Å². The number of aryl methyl sites for hydroxylation is 3. The van der Waals surface area contributed by atoms with Gasteiger partial charge in [0.25, 0.3) is 0 Å². The van der Waals surface area contributed by atoms with E-state index < -0.39 is 0 Å². The van der Waals surface area contributed by atoms with Crippen LogP contribution >= 0.6 is 23.1 Å². The average molecular weight is 342 g/mol. The SMILES string of the molecule is Cc1cc(C)nc(Sc2ncnc3sc4c(c23)CC[C@@H](C)C4)n1. The van der Waals surface area contributed by atoms with Crippen molar-refractivity contribution in [1.82, 2.24) is 19.9 Å². The van der Waals surface area contributed by atoms with Crippen LogP contribution < -0.4 is 0 Å². The monoisotopic (exact) mass is 342 g/mol. The summed E-state index contributed by atoms with van der Waals surface area (Å²) in [6.07, 6.45) is 5.21. The molecule has 0 saturated carbocycles. The average Bonchev–Trinajstić information content (AvgIpc) is 2.84. The van der Waals surface area contributed by atoms with E-state index in [1.54, 1.807) is 18.1 Å². The molecule has 23 heavy (non-hydrogen) atoms. The molecule has 0 radical (unpaired) electrons. The number of fused-ring (bicyclic) bond motifs is 3. The van der Waals surface area contributed by atoms with Gasteiger partial charge in [-0.05, 0) is 62.4 Å². The molecule has 0 spiro atoms. The summed E-state index contributed by atoms with van der Waals surface area (Å²) < 4.78 is 0. The van der Waals surface area contributed by atoms with Crippen molar-refractivity contribution in [2.24, 2.45) is 5.92 Å². The van der Waals surface area contributed by atoms with Crippen LogP contribution in [0, 0.1) is 19.8 Å². The highest BCUT2D eigenvalue weighted by Crippen LogP contribution is 2.41. The van der Waals surface area contributed by atoms with Gasteiger partial charge < -0.3 is 0 Å². The first-order chi connectivity index (χ1) is 11.1. The van der Waals surface area contributed by atoms with Gasteiger partial charge in [-0.2, -0.15) is 0 Å². The first-order valence-corrected chi connectivity index (χ1v) is 9.49. The summed E-state index contributed by atoms with van der Waals surface area (Å²) in [5.74, 6) is 0.766. The van der Waals surface area contributed by atoms with Gasteiger partial charge in [0, 0.05) is 21.7 Å². The quantitative estimate of drug-likeness (QED) is 0.511. The fourth-order valence-electron chi connectivity index (χ4n) is 3.15. The van der Waals surface area contributed by atoms with Crippen molar-refractivity contribution in [1.29, 1.82) is 0 Å². The van der Waals surface area contributed by atoms with E-state index in [0.717, 1.165) is 38.7 Å². The van der Waals surface area contributed by atoms with Crippen molar-refractivity contribution >= 4 is 33.3 Å². The molecule has 118 valence electrons. The Kier molecular flexibility index (Phi) is 3.81. The molecule has 4 rings (SSSR count). The van der Waals surface area contributed by atoms with Crippen LogP contribution in [0.25, 0.3) is 10.2 Å². The summed E-state index contributed by atoms with van der Waals surface area (Å²) in [6.45, 7) is 6.34. The standard InChI is InChI=1S/C17H18N4S2/c1-9-4-5-12-13(6-9)22-15-14(12)16(19-8-18-15)23-17-20-10(2)7-11(3)21-17/h7-9H,4-6H2,1-3H3/t9-/m1/s1.